The molecule has 0 spiro atoms. The van der Waals surface area contributed by atoms with Crippen LogP contribution in [0.1, 0.15) is 52.4 Å². The molecule has 0 saturated heterocycles. The van der Waals surface area contributed by atoms with Gasteiger partial charge in [-0.15, -0.1) is 0 Å². The van der Waals surface area contributed by atoms with E-state index in [1.165, 1.54) is 12.8 Å². The molecule has 0 fully saturated rings. The Kier molecular flexibility index (Phi) is 8.50. The van der Waals surface area contributed by atoms with Gasteiger partial charge >= 0.3 is 7.68 Å². The molecule has 0 aromatic carbocycles. The molecule has 0 aliphatic heterocycles. The van der Waals surface area contributed by atoms with Crippen molar-refractivity contribution in [2.45, 2.75) is 52.4 Å². The fourth-order valence-corrected chi connectivity index (χ4v) is 2.30. The molecule has 1 unspecified atom stereocenters. The van der Waals surface area contributed by atoms with E-state index in [0.29, 0.717) is 13.0 Å². The number of halogens is 1. The minimum atomic E-state index is -3.75. The summed E-state index contributed by atoms with van der Waals surface area (Å²) in [6, 6.07) is 0. The van der Waals surface area contributed by atoms with E-state index in [-0.39, 0.29) is 6.16 Å². The number of rotatable bonds is 9. The third-order valence-corrected chi connectivity index (χ3v) is 3.57. The van der Waals surface area contributed by atoms with Gasteiger partial charge in [0.05, 0.1) is 12.8 Å². The zero-order chi connectivity index (χ0) is 10.9. The number of unbranched alkanes of at least 4 members (excludes halogenated alkanes) is 4. The first-order valence-electron chi connectivity index (χ1n) is 5.55. The van der Waals surface area contributed by atoms with Gasteiger partial charge in [0.1, 0.15) is 0 Å². The van der Waals surface area contributed by atoms with E-state index in [1.54, 1.807) is 6.92 Å². The van der Waals surface area contributed by atoms with Crippen LogP contribution in [-0.4, -0.2) is 12.8 Å². The van der Waals surface area contributed by atoms with Crippen LogP contribution in [0.3, 0.4) is 0 Å². The Morgan fingerprint density at radius 2 is 1.71 bits per heavy atom. The van der Waals surface area contributed by atoms with Crippen molar-refractivity contribution < 1.29 is 13.3 Å². The van der Waals surface area contributed by atoms with Crippen LogP contribution in [-0.2, 0) is 9.09 Å². The van der Waals surface area contributed by atoms with Gasteiger partial charge in [0.25, 0.3) is 0 Å². The fourth-order valence-electron chi connectivity index (χ4n) is 1.24. The largest absolute Gasteiger partial charge is 0.367 e. The van der Waals surface area contributed by atoms with Crippen molar-refractivity contribution in [3.8, 4) is 0 Å². The minimum Gasteiger partial charge on any atom is -0.306 e. The highest BCUT2D eigenvalue weighted by Crippen LogP contribution is 2.49. The molecule has 0 amide bonds. The molecule has 0 rings (SSSR count). The average molecular weight is 224 g/mol. The van der Waals surface area contributed by atoms with E-state index in [0.717, 1.165) is 19.3 Å². The summed E-state index contributed by atoms with van der Waals surface area (Å²) in [5.41, 5.74) is 0. The lowest BCUT2D eigenvalue weighted by Gasteiger charge is -2.08. The summed E-state index contributed by atoms with van der Waals surface area (Å²) in [4.78, 5) is 0. The Hall–Kier alpha value is 0.120. The summed E-state index contributed by atoms with van der Waals surface area (Å²) in [6.07, 6.45) is 6.05. The lowest BCUT2D eigenvalue weighted by molar-refractivity contribution is 0.277. The summed E-state index contributed by atoms with van der Waals surface area (Å²) in [6.45, 7) is 4.25. The molecule has 0 aliphatic rings. The van der Waals surface area contributed by atoms with E-state index in [2.05, 4.69) is 6.92 Å². The summed E-state index contributed by atoms with van der Waals surface area (Å²) >= 11 is 0. The quantitative estimate of drug-likeness (QED) is 0.424. The fraction of sp³-hybridized carbons (Fsp3) is 1.00. The molecule has 0 radical (unpaired) electrons. The normalized spacial score (nSPS) is 15.4. The molecule has 0 N–H and O–H groups in total. The van der Waals surface area contributed by atoms with Crippen LogP contribution in [0, 0.1) is 0 Å². The minimum absolute atomic E-state index is 0.0575. The van der Waals surface area contributed by atoms with Crippen LogP contribution in [0.5, 0.6) is 0 Å². The summed E-state index contributed by atoms with van der Waals surface area (Å²) < 4.78 is 28.8. The highest BCUT2D eigenvalue weighted by molar-refractivity contribution is 7.53. The predicted molar refractivity (Wildman–Crippen MR) is 58.6 cm³/mol. The molecular weight excluding hydrogens is 202 g/mol. The zero-order valence-electron chi connectivity index (χ0n) is 9.30. The van der Waals surface area contributed by atoms with Crippen LogP contribution in [0.2, 0.25) is 0 Å². The van der Waals surface area contributed by atoms with Crippen LogP contribution in [0.15, 0.2) is 0 Å². The van der Waals surface area contributed by atoms with E-state index < -0.39 is 7.68 Å². The summed E-state index contributed by atoms with van der Waals surface area (Å²) in [7, 11) is -3.75. The van der Waals surface area contributed by atoms with Crippen molar-refractivity contribution in [2.75, 3.05) is 12.8 Å². The van der Waals surface area contributed by atoms with E-state index in [9.17, 15) is 8.76 Å². The maximum atomic E-state index is 13.0. The third kappa shape index (κ3) is 8.71. The molecule has 0 saturated carbocycles. The van der Waals surface area contributed by atoms with Crippen molar-refractivity contribution in [1.29, 1.82) is 0 Å². The molecule has 0 heterocycles. The van der Waals surface area contributed by atoms with E-state index >= 15 is 0 Å². The first-order chi connectivity index (χ1) is 6.62. The van der Waals surface area contributed by atoms with Crippen LogP contribution in [0.4, 0.5) is 4.20 Å². The van der Waals surface area contributed by atoms with E-state index in [4.69, 9.17) is 4.52 Å². The van der Waals surface area contributed by atoms with Gasteiger partial charge in [-0.05, 0) is 12.8 Å². The molecule has 86 valence electrons. The van der Waals surface area contributed by atoms with Crippen LogP contribution in [0.25, 0.3) is 0 Å². The lowest BCUT2D eigenvalue weighted by atomic mass is 10.2. The van der Waals surface area contributed by atoms with Crippen LogP contribution < -0.4 is 0 Å². The third-order valence-electron chi connectivity index (χ3n) is 2.02. The maximum absolute atomic E-state index is 13.0. The Morgan fingerprint density at radius 3 is 2.29 bits per heavy atom. The van der Waals surface area contributed by atoms with Crippen molar-refractivity contribution in [1.82, 2.24) is 0 Å². The second kappa shape index (κ2) is 8.43. The standard InChI is InChI=1S/C10H22FO2P/c1-3-5-6-7-8-9-13-14(11,12)10-4-2/h3-10H2,1-2H3. The molecule has 4 heteroatoms. The van der Waals surface area contributed by atoms with Crippen molar-refractivity contribution in [2.24, 2.45) is 0 Å². The van der Waals surface area contributed by atoms with Gasteiger partial charge in [0.2, 0.25) is 0 Å². The Morgan fingerprint density at radius 1 is 1.07 bits per heavy atom. The van der Waals surface area contributed by atoms with Gasteiger partial charge in [-0.25, -0.2) is 0 Å². The molecule has 0 bridgehead atoms. The summed E-state index contributed by atoms with van der Waals surface area (Å²) in [5, 5.41) is 0. The predicted octanol–water partition coefficient (Wildman–Crippen LogP) is 4.55. The highest BCUT2D eigenvalue weighted by Gasteiger charge is 2.19. The molecule has 0 aliphatic carbocycles. The lowest BCUT2D eigenvalue weighted by Crippen LogP contribution is -1.93. The Balaban J connectivity index is 3.30. The zero-order valence-corrected chi connectivity index (χ0v) is 10.2. The molecule has 0 aromatic rings. The van der Waals surface area contributed by atoms with Gasteiger partial charge in [0, 0.05) is 0 Å². The van der Waals surface area contributed by atoms with Crippen molar-refractivity contribution in [3.05, 3.63) is 0 Å². The Bertz CT molecular complexity index is 174. The molecule has 2 nitrogen and oxygen atoms in total. The maximum Gasteiger partial charge on any atom is 0.367 e. The first kappa shape index (κ1) is 14.1. The first-order valence-corrected chi connectivity index (χ1v) is 7.25. The SMILES string of the molecule is CCCCCCCOP(=O)(F)CCC. The molecular formula is C10H22FO2P. The Labute approximate surface area is 86.8 Å². The highest BCUT2D eigenvalue weighted by atomic mass is 31.2. The topological polar surface area (TPSA) is 26.3 Å². The monoisotopic (exact) mass is 224 g/mol. The molecule has 14 heavy (non-hydrogen) atoms. The smallest absolute Gasteiger partial charge is 0.306 e. The second-order valence-electron chi connectivity index (χ2n) is 3.56. The molecule has 1 atom stereocenters. The van der Waals surface area contributed by atoms with E-state index in [1.807, 2.05) is 0 Å². The van der Waals surface area contributed by atoms with Crippen molar-refractivity contribution >= 4 is 7.68 Å². The summed E-state index contributed by atoms with van der Waals surface area (Å²) in [5.74, 6) is 0. The second-order valence-corrected chi connectivity index (χ2v) is 5.45. The van der Waals surface area contributed by atoms with Gasteiger partial charge in [-0.3, -0.25) is 4.57 Å². The average Bonchev–Trinajstić information content (AvgIpc) is 2.11. The van der Waals surface area contributed by atoms with Gasteiger partial charge in [-0.2, -0.15) is 4.20 Å². The van der Waals surface area contributed by atoms with Gasteiger partial charge in [-0.1, -0.05) is 39.5 Å². The number of hydrogen-bond acceptors (Lipinski definition) is 2. The molecule has 0 aromatic heterocycles. The van der Waals surface area contributed by atoms with Crippen molar-refractivity contribution in [3.63, 3.8) is 0 Å². The van der Waals surface area contributed by atoms with Gasteiger partial charge in [0.15, 0.2) is 0 Å². The van der Waals surface area contributed by atoms with Crippen LogP contribution >= 0.6 is 7.68 Å². The van der Waals surface area contributed by atoms with Gasteiger partial charge < -0.3 is 4.52 Å². The number of hydrogen-bond donors (Lipinski definition) is 0.